The second-order valence-corrected chi connectivity index (χ2v) is 15.1. The van der Waals surface area contributed by atoms with Gasteiger partial charge in [-0.2, -0.15) is 0 Å². The first-order valence-corrected chi connectivity index (χ1v) is 18.2. The average molecular weight is 742 g/mol. The van der Waals surface area contributed by atoms with Crippen LogP contribution in [0.1, 0.15) is 71.2 Å². The number of rotatable bonds is 16. The minimum absolute atomic E-state index is 0.0408. The van der Waals surface area contributed by atoms with Crippen LogP contribution in [0.5, 0.6) is 23.1 Å². The molecular weight excluding hydrogens is 689 g/mol. The molecule has 0 aliphatic carbocycles. The normalized spacial score (nSPS) is 19.2. The Morgan fingerprint density at radius 2 is 1.85 bits per heavy atom. The molecule has 2 aromatic rings. The van der Waals surface area contributed by atoms with Gasteiger partial charge in [0, 0.05) is 82.6 Å². The maximum atomic E-state index is 15.6. The van der Waals surface area contributed by atoms with Gasteiger partial charge in [0.15, 0.2) is 17.4 Å². The lowest BCUT2D eigenvalue weighted by atomic mass is 9.75. The summed E-state index contributed by atoms with van der Waals surface area (Å²) in [5.74, 6) is -4.82. The third-order valence-electron chi connectivity index (χ3n) is 10.0. The highest BCUT2D eigenvalue weighted by molar-refractivity contribution is 6.01. The number of nitrogens with zero attached hydrogens (tertiary/aromatic N) is 6. The van der Waals surface area contributed by atoms with Crippen LogP contribution in [-0.4, -0.2) is 125 Å². The number of carbonyl (C=O) groups excluding carboxylic acids is 3. The Kier molecular flexibility index (Phi) is 12.7. The van der Waals surface area contributed by atoms with Crippen LogP contribution in [0.25, 0.3) is 0 Å². The van der Waals surface area contributed by atoms with Gasteiger partial charge in [0.05, 0.1) is 11.2 Å². The van der Waals surface area contributed by atoms with Crippen LogP contribution >= 0.6 is 0 Å². The molecule has 1 aromatic carbocycles. The first kappa shape index (κ1) is 39.9. The number of anilines is 1. The predicted molar refractivity (Wildman–Crippen MR) is 193 cm³/mol. The monoisotopic (exact) mass is 741 g/mol. The topological polar surface area (TPSA) is 169 Å². The minimum Gasteiger partial charge on any atom is -0.430 e. The number of nitrogens with one attached hydrogen (secondary N) is 1. The Bertz CT molecular complexity index is 1680. The van der Waals surface area contributed by atoms with Crippen LogP contribution in [0, 0.1) is 17.2 Å². The fraction of sp³-hybridized carbons (Fsp3) is 0.622. The van der Waals surface area contributed by atoms with Gasteiger partial charge in [0.1, 0.15) is 6.33 Å². The molecule has 3 aliphatic rings. The summed E-state index contributed by atoms with van der Waals surface area (Å²) in [4.78, 5) is 49.3. The van der Waals surface area contributed by atoms with E-state index in [-0.39, 0.29) is 41.2 Å². The van der Waals surface area contributed by atoms with E-state index in [0.717, 1.165) is 50.7 Å². The highest BCUT2D eigenvalue weighted by Crippen LogP contribution is 2.48. The van der Waals surface area contributed by atoms with E-state index < -0.39 is 40.8 Å². The number of carbonyl (C=O) groups is 3. The third-order valence-corrected chi connectivity index (χ3v) is 10.0. The lowest BCUT2D eigenvalue weighted by Crippen LogP contribution is -2.63. The molecule has 3 aliphatic heterocycles. The molecule has 5 rings (SSSR count). The van der Waals surface area contributed by atoms with Crippen LogP contribution in [0.3, 0.4) is 0 Å². The lowest BCUT2D eigenvalue weighted by molar-refractivity contribution is -0.133. The standard InChI is InChI=1S/C37H52FN7O8/c1-8-45(24(4)5)35(48)25-16-26(38)31-32(52-29(47)11-10-28(46)51-31)30(25)53-34-33(40-22-41-42-34)43-14-12-37(19-43)20-44(21-37)27(23(2)3)17-36(6,49)18-39-13-9-15-50-7/h10-11,16,22-24,27,39,49H,8-9,12-15,17-21H2,1-7H3/b11-10+. The van der Waals surface area contributed by atoms with Gasteiger partial charge in [-0.3, -0.25) is 9.69 Å². The molecule has 0 bridgehead atoms. The number of hydrogen-bond acceptors (Lipinski definition) is 14. The predicted octanol–water partition coefficient (Wildman–Crippen LogP) is 3.36. The van der Waals surface area contributed by atoms with Gasteiger partial charge in [-0.1, -0.05) is 13.8 Å². The number of fused-ring (bicyclic) bond motifs is 1. The van der Waals surface area contributed by atoms with Crippen molar-refractivity contribution in [3.8, 4) is 23.1 Å². The molecule has 2 fully saturated rings. The Balaban J connectivity index is 1.38. The molecule has 0 saturated carbocycles. The zero-order valence-electron chi connectivity index (χ0n) is 31.7. The molecule has 1 amide bonds. The number of esters is 2. The van der Waals surface area contributed by atoms with Gasteiger partial charge in [-0.25, -0.2) is 19.0 Å². The molecule has 2 saturated heterocycles. The summed E-state index contributed by atoms with van der Waals surface area (Å²) in [6, 6.07) is 0.805. The van der Waals surface area contributed by atoms with Crippen molar-refractivity contribution in [2.45, 2.75) is 78.5 Å². The minimum atomic E-state index is -1.10. The molecule has 0 radical (unpaired) electrons. The smallest absolute Gasteiger partial charge is 0.336 e. The molecule has 15 nitrogen and oxygen atoms in total. The van der Waals surface area contributed by atoms with Crippen LogP contribution in [0.15, 0.2) is 24.5 Å². The molecule has 2 N–H and O–H groups in total. The van der Waals surface area contributed by atoms with E-state index >= 15 is 4.39 Å². The number of methoxy groups -OCH3 is 1. The fourth-order valence-corrected chi connectivity index (χ4v) is 7.41. The summed E-state index contributed by atoms with van der Waals surface area (Å²) in [6.07, 6.45) is 5.30. The summed E-state index contributed by atoms with van der Waals surface area (Å²) in [5, 5.41) is 22.7. The Morgan fingerprint density at radius 3 is 2.49 bits per heavy atom. The largest absolute Gasteiger partial charge is 0.430 e. The number of aromatic nitrogens is 3. The van der Waals surface area contributed by atoms with Crippen LogP contribution in [0.2, 0.25) is 0 Å². The van der Waals surface area contributed by atoms with E-state index in [1.807, 2.05) is 25.7 Å². The SMILES string of the molecule is CCN(C(=O)c1cc(F)c2c(c1Oc1nncnc1N1CCC3(C1)CN(C(CC(C)(O)CNCCCOC)C(C)C)C3)OC(=O)/C=C/C(=O)O2)C(C)C. The van der Waals surface area contributed by atoms with Crippen molar-refractivity contribution in [3.05, 3.63) is 35.9 Å². The van der Waals surface area contributed by atoms with E-state index in [4.69, 9.17) is 18.9 Å². The zero-order valence-corrected chi connectivity index (χ0v) is 31.7. The van der Waals surface area contributed by atoms with Gasteiger partial charge >= 0.3 is 11.9 Å². The third kappa shape index (κ3) is 9.28. The molecule has 4 heterocycles. The van der Waals surface area contributed by atoms with E-state index in [0.29, 0.717) is 44.4 Å². The van der Waals surface area contributed by atoms with Gasteiger partial charge in [-0.15, -0.1) is 10.2 Å². The van der Waals surface area contributed by atoms with Crippen molar-refractivity contribution in [2.75, 3.05) is 64.4 Å². The van der Waals surface area contributed by atoms with E-state index in [9.17, 15) is 19.5 Å². The molecule has 16 heteroatoms. The van der Waals surface area contributed by atoms with E-state index in [1.54, 1.807) is 14.0 Å². The lowest BCUT2D eigenvalue weighted by Gasteiger charge is -2.53. The van der Waals surface area contributed by atoms with Crippen molar-refractivity contribution in [1.29, 1.82) is 0 Å². The van der Waals surface area contributed by atoms with E-state index in [1.165, 1.54) is 11.2 Å². The number of ether oxygens (including phenoxy) is 4. The van der Waals surface area contributed by atoms with Crippen molar-refractivity contribution in [1.82, 2.24) is 30.3 Å². The Hall–Kier alpha value is -4.25. The number of likely N-dealkylation sites (tertiary alicyclic amines) is 1. The molecule has 2 unspecified atom stereocenters. The first-order chi connectivity index (χ1) is 25.2. The van der Waals surface area contributed by atoms with Crippen molar-refractivity contribution in [3.63, 3.8) is 0 Å². The number of amides is 1. The molecule has 1 aromatic heterocycles. The first-order valence-electron chi connectivity index (χ1n) is 18.2. The van der Waals surface area contributed by atoms with E-state index in [2.05, 4.69) is 39.2 Å². The summed E-state index contributed by atoms with van der Waals surface area (Å²) in [5.41, 5.74) is -1.19. The van der Waals surface area contributed by atoms with Gasteiger partial charge in [0.25, 0.3) is 11.8 Å². The van der Waals surface area contributed by atoms with Crippen LogP contribution < -0.4 is 24.4 Å². The summed E-state index contributed by atoms with van der Waals surface area (Å²) < 4.78 is 37.6. The summed E-state index contributed by atoms with van der Waals surface area (Å²) in [6.45, 7) is 16.8. The second-order valence-electron chi connectivity index (χ2n) is 15.1. The molecule has 290 valence electrons. The summed E-state index contributed by atoms with van der Waals surface area (Å²) in [7, 11) is 1.68. The number of halogens is 1. The molecule has 53 heavy (non-hydrogen) atoms. The Morgan fingerprint density at radius 1 is 1.15 bits per heavy atom. The maximum absolute atomic E-state index is 15.6. The van der Waals surface area contributed by atoms with Crippen LogP contribution in [-0.2, 0) is 14.3 Å². The molecule has 2 atom stereocenters. The number of aliphatic hydroxyl groups is 1. The van der Waals surface area contributed by atoms with Gasteiger partial charge in [-0.05, 0) is 65.5 Å². The van der Waals surface area contributed by atoms with Gasteiger partial charge < -0.3 is 39.2 Å². The van der Waals surface area contributed by atoms with Crippen molar-refractivity contribution >= 4 is 23.7 Å². The second kappa shape index (κ2) is 16.8. The number of hydrogen-bond donors (Lipinski definition) is 2. The average Bonchev–Trinajstić information content (AvgIpc) is 3.53. The molecular formula is C37H52FN7O8. The maximum Gasteiger partial charge on any atom is 0.336 e. The summed E-state index contributed by atoms with van der Waals surface area (Å²) >= 11 is 0. The number of benzene rings is 1. The van der Waals surface area contributed by atoms with Crippen LogP contribution in [0.4, 0.5) is 10.2 Å². The van der Waals surface area contributed by atoms with Crippen molar-refractivity contribution < 1.29 is 42.8 Å². The fourth-order valence-electron chi connectivity index (χ4n) is 7.41. The zero-order chi connectivity index (χ0) is 38.5. The van der Waals surface area contributed by atoms with Crippen molar-refractivity contribution in [2.24, 2.45) is 11.3 Å². The highest BCUT2D eigenvalue weighted by atomic mass is 19.1. The highest BCUT2D eigenvalue weighted by Gasteiger charge is 2.51. The quantitative estimate of drug-likeness (QED) is 0.146. The molecule has 1 spiro atoms. The Labute approximate surface area is 309 Å². The van der Waals surface area contributed by atoms with Gasteiger partial charge in [0.2, 0.25) is 11.5 Å².